The minimum atomic E-state index is -0.433. The number of hydrogen-bond acceptors (Lipinski definition) is 5. The summed E-state index contributed by atoms with van der Waals surface area (Å²) in [6, 6.07) is 5.31. The third-order valence-corrected chi connectivity index (χ3v) is 3.11. The van der Waals surface area contributed by atoms with Gasteiger partial charge >= 0.3 is 0 Å². The molecule has 18 heavy (non-hydrogen) atoms. The summed E-state index contributed by atoms with van der Waals surface area (Å²) in [4.78, 5) is 12.6. The normalized spacial score (nSPS) is 14.8. The first-order chi connectivity index (χ1) is 8.56. The Labute approximate surface area is 106 Å². The lowest BCUT2D eigenvalue weighted by molar-refractivity contribution is -0.384. The van der Waals surface area contributed by atoms with E-state index in [9.17, 15) is 10.1 Å². The molecule has 98 valence electrons. The number of nitro groups is 1. The molecule has 1 aliphatic carbocycles. The third kappa shape index (κ3) is 3.33. The molecule has 1 fully saturated rings. The number of hydrogen-bond donors (Lipinski definition) is 2. The lowest BCUT2D eigenvalue weighted by Crippen LogP contribution is -2.27. The fraction of sp³-hybridized carbons (Fsp3) is 0.500. The summed E-state index contributed by atoms with van der Waals surface area (Å²) in [6.07, 6.45) is 2.56. The van der Waals surface area contributed by atoms with E-state index < -0.39 is 4.92 Å². The predicted octanol–water partition coefficient (Wildman–Crippen LogP) is 1.68. The largest absolute Gasteiger partial charge is 0.398 e. The molecule has 6 nitrogen and oxygen atoms in total. The summed E-state index contributed by atoms with van der Waals surface area (Å²) < 4.78 is 0. The van der Waals surface area contributed by atoms with Crippen molar-refractivity contribution in [2.24, 2.45) is 0 Å². The van der Waals surface area contributed by atoms with Crippen molar-refractivity contribution in [1.82, 2.24) is 4.90 Å². The van der Waals surface area contributed by atoms with Gasteiger partial charge in [-0.3, -0.25) is 10.1 Å². The minimum absolute atomic E-state index is 0.0213. The molecule has 1 aromatic rings. The van der Waals surface area contributed by atoms with Crippen LogP contribution in [0, 0.1) is 10.1 Å². The van der Waals surface area contributed by atoms with Gasteiger partial charge in [-0.25, -0.2) is 0 Å². The lowest BCUT2D eigenvalue weighted by atomic mass is 10.2. The Morgan fingerprint density at radius 3 is 2.83 bits per heavy atom. The molecule has 1 aliphatic rings. The maximum atomic E-state index is 10.7. The number of rotatable bonds is 6. The average molecular weight is 250 g/mol. The van der Waals surface area contributed by atoms with E-state index >= 15 is 0 Å². The topological polar surface area (TPSA) is 84.4 Å². The zero-order valence-electron chi connectivity index (χ0n) is 10.4. The van der Waals surface area contributed by atoms with Gasteiger partial charge < -0.3 is 16.0 Å². The molecule has 0 amide bonds. The number of benzene rings is 1. The molecule has 1 aromatic carbocycles. The lowest BCUT2D eigenvalue weighted by Gasteiger charge is -2.16. The highest BCUT2D eigenvalue weighted by atomic mass is 16.6. The molecule has 6 heteroatoms. The van der Waals surface area contributed by atoms with E-state index in [4.69, 9.17) is 5.73 Å². The Kier molecular flexibility index (Phi) is 3.66. The van der Waals surface area contributed by atoms with Crippen molar-refractivity contribution in [3.63, 3.8) is 0 Å². The zero-order valence-corrected chi connectivity index (χ0v) is 10.4. The molecule has 1 saturated carbocycles. The van der Waals surface area contributed by atoms with Crippen molar-refractivity contribution in [2.45, 2.75) is 18.9 Å². The van der Waals surface area contributed by atoms with Crippen molar-refractivity contribution >= 4 is 17.1 Å². The van der Waals surface area contributed by atoms with E-state index in [1.807, 2.05) is 0 Å². The van der Waals surface area contributed by atoms with Gasteiger partial charge in [0.1, 0.15) is 0 Å². The van der Waals surface area contributed by atoms with Crippen LogP contribution in [0.5, 0.6) is 0 Å². The van der Waals surface area contributed by atoms with Crippen LogP contribution in [0.3, 0.4) is 0 Å². The van der Waals surface area contributed by atoms with E-state index in [2.05, 4.69) is 17.3 Å². The highest BCUT2D eigenvalue weighted by Gasteiger charge is 2.25. The standard InChI is InChI=1S/C12H18N4O2/c1-15(11-2-3-11)5-4-14-10-6-9(13)7-12(8-10)16(17)18/h6-8,11,14H,2-5,13H2,1H3. The first-order valence-corrected chi connectivity index (χ1v) is 6.05. The summed E-state index contributed by atoms with van der Waals surface area (Å²) in [5, 5.41) is 13.9. The number of anilines is 2. The zero-order chi connectivity index (χ0) is 13.1. The van der Waals surface area contributed by atoms with Crippen LogP contribution in [0.15, 0.2) is 18.2 Å². The molecule has 0 unspecified atom stereocenters. The summed E-state index contributed by atoms with van der Waals surface area (Å²) in [7, 11) is 2.10. The second-order valence-electron chi connectivity index (χ2n) is 4.71. The maximum Gasteiger partial charge on any atom is 0.273 e. The van der Waals surface area contributed by atoms with E-state index in [1.165, 1.54) is 25.0 Å². The SMILES string of the molecule is CN(CCNc1cc(N)cc([N+](=O)[O-])c1)C1CC1. The minimum Gasteiger partial charge on any atom is -0.398 e. The molecule has 0 saturated heterocycles. The third-order valence-electron chi connectivity index (χ3n) is 3.11. The average Bonchev–Trinajstić information content (AvgIpc) is 3.11. The highest BCUT2D eigenvalue weighted by molar-refractivity contribution is 5.61. The van der Waals surface area contributed by atoms with Gasteiger partial charge in [0.15, 0.2) is 0 Å². The van der Waals surface area contributed by atoms with Crippen molar-refractivity contribution in [3.05, 3.63) is 28.3 Å². The molecule has 0 bridgehead atoms. The first kappa shape index (κ1) is 12.6. The number of non-ortho nitro benzene ring substituents is 1. The number of nitrogen functional groups attached to an aromatic ring is 1. The summed E-state index contributed by atoms with van der Waals surface area (Å²) >= 11 is 0. The van der Waals surface area contributed by atoms with E-state index in [-0.39, 0.29) is 5.69 Å². The van der Waals surface area contributed by atoms with Gasteiger partial charge in [0.25, 0.3) is 5.69 Å². The molecule has 0 heterocycles. The summed E-state index contributed by atoms with van der Waals surface area (Å²) in [5.41, 5.74) is 6.76. The van der Waals surface area contributed by atoms with Gasteiger partial charge in [0.05, 0.1) is 4.92 Å². The molecule has 0 aliphatic heterocycles. The summed E-state index contributed by atoms with van der Waals surface area (Å²) in [5.74, 6) is 0. The number of nitrogens with two attached hydrogens (primary N) is 1. The van der Waals surface area contributed by atoms with Crippen molar-refractivity contribution < 1.29 is 4.92 Å². The molecule has 3 N–H and O–H groups in total. The second-order valence-corrected chi connectivity index (χ2v) is 4.71. The number of likely N-dealkylation sites (N-methyl/N-ethyl adjacent to an activating group) is 1. The van der Waals surface area contributed by atoms with Gasteiger partial charge in [-0.1, -0.05) is 0 Å². The van der Waals surface area contributed by atoms with E-state index in [0.717, 1.165) is 19.1 Å². The van der Waals surface area contributed by atoms with Crippen LogP contribution in [0.1, 0.15) is 12.8 Å². The number of nitrogens with one attached hydrogen (secondary N) is 1. The smallest absolute Gasteiger partial charge is 0.273 e. The van der Waals surface area contributed by atoms with Crippen LogP contribution >= 0.6 is 0 Å². The van der Waals surface area contributed by atoms with Crippen LogP contribution in [0.2, 0.25) is 0 Å². The Hall–Kier alpha value is -1.82. The molecular formula is C12H18N4O2. The molecule has 2 rings (SSSR count). The highest BCUT2D eigenvalue weighted by Crippen LogP contribution is 2.25. The monoisotopic (exact) mass is 250 g/mol. The van der Waals surface area contributed by atoms with Gasteiger partial charge in [0.2, 0.25) is 0 Å². The Bertz CT molecular complexity index is 446. The molecule has 0 atom stereocenters. The van der Waals surface area contributed by atoms with Gasteiger partial charge in [-0.15, -0.1) is 0 Å². The fourth-order valence-corrected chi connectivity index (χ4v) is 1.92. The van der Waals surface area contributed by atoms with Crippen molar-refractivity contribution in [1.29, 1.82) is 0 Å². The van der Waals surface area contributed by atoms with Crippen LogP contribution in [-0.4, -0.2) is 36.0 Å². The van der Waals surface area contributed by atoms with Gasteiger partial charge in [-0.2, -0.15) is 0 Å². The summed E-state index contributed by atoms with van der Waals surface area (Å²) in [6.45, 7) is 1.68. The molecule has 0 radical (unpaired) electrons. The Morgan fingerprint density at radius 1 is 1.50 bits per heavy atom. The van der Waals surface area contributed by atoms with Gasteiger partial charge in [0, 0.05) is 42.6 Å². The first-order valence-electron chi connectivity index (χ1n) is 6.05. The van der Waals surface area contributed by atoms with E-state index in [1.54, 1.807) is 6.07 Å². The van der Waals surface area contributed by atoms with E-state index in [0.29, 0.717) is 11.4 Å². The number of nitrogens with zero attached hydrogens (tertiary/aromatic N) is 2. The van der Waals surface area contributed by atoms with Crippen LogP contribution in [0.25, 0.3) is 0 Å². The Morgan fingerprint density at radius 2 is 2.22 bits per heavy atom. The maximum absolute atomic E-state index is 10.7. The predicted molar refractivity (Wildman–Crippen MR) is 71.7 cm³/mol. The van der Waals surface area contributed by atoms with Gasteiger partial charge in [-0.05, 0) is 26.0 Å². The Balaban J connectivity index is 1.89. The molecular weight excluding hydrogens is 232 g/mol. The van der Waals surface area contributed by atoms with Crippen molar-refractivity contribution in [3.8, 4) is 0 Å². The van der Waals surface area contributed by atoms with Crippen molar-refractivity contribution in [2.75, 3.05) is 31.2 Å². The van der Waals surface area contributed by atoms with Crippen LogP contribution < -0.4 is 11.1 Å². The molecule has 0 aromatic heterocycles. The second kappa shape index (κ2) is 5.22. The molecule has 0 spiro atoms. The number of nitro benzene ring substituents is 1. The fourth-order valence-electron chi connectivity index (χ4n) is 1.92. The van der Waals surface area contributed by atoms with Crippen LogP contribution in [0.4, 0.5) is 17.1 Å². The van der Waals surface area contributed by atoms with Crippen LogP contribution in [-0.2, 0) is 0 Å². The quantitative estimate of drug-likeness (QED) is 0.456.